The van der Waals surface area contributed by atoms with Gasteiger partial charge in [0.1, 0.15) is 17.1 Å². The van der Waals surface area contributed by atoms with Crippen molar-refractivity contribution in [3.8, 4) is 0 Å². The summed E-state index contributed by atoms with van der Waals surface area (Å²) in [7, 11) is 1.67. The Balaban J connectivity index is 1.96. The van der Waals surface area contributed by atoms with Crippen LogP contribution in [-0.4, -0.2) is 48.6 Å². The SMILES string of the molecule is COCCNCc1noc2c1CN(C(=O)OC(C)(C)C)CC2. The summed E-state index contributed by atoms with van der Waals surface area (Å²) < 4.78 is 15.8. The lowest BCUT2D eigenvalue weighted by molar-refractivity contribution is 0.0218. The van der Waals surface area contributed by atoms with Gasteiger partial charge in [-0.1, -0.05) is 5.16 Å². The van der Waals surface area contributed by atoms with E-state index >= 15 is 0 Å². The fourth-order valence-electron chi connectivity index (χ4n) is 2.27. The van der Waals surface area contributed by atoms with Crippen LogP contribution in [-0.2, 0) is 29.0 Å². The summed E-state index contributed by atoms with van der Waals surface area (Å²) in [5.74, 6) is 0.864. The fraction of sp³-hybridized carbons (Fsp3) is 0.733. The van der Waals surface area contributed by atoms with Crippen molar-refractivity contribution in [3.05, 3.63) is 17.0 Å². The molecule has 124 valence electrons. The Hall–Kier alpha value is -1.60. The Labute approximate surface area is 130 Å². The Kier molecular flexibility index (Phi) is 5.42. The second-order valence-corrected chi connectivity index (χ2v) is 6.35. The van der Waals surface area contributed by atoms with Gasteiger partial charge in [0.05, 0.1) is 13.2 Å². The van der Waals surface area contributed by atoms with Gasteiger partial charge in [0, 0.05) is 38.7 Å². The minimum atomic E-state index is -0.490. The van der Waals surface area contributed by atoms with E-state index in [1.54, 1.807) is 12.0 Å². The van der Waals surface area contributed by atoms with Gasteiger partial charge in [-0.05, 0) is 20.8 Å². The monoisotopic (exact) mass is 311 g/mol. The standard InChI is InChI=1S/C15H25N3O4/c1-15(2,3)21-14(19)18-7-5-13-11(10-18)12(17-22-13)9-16-6-8-20-4/h16H,5-10H2,1-4H3. The van der Waals surface area contributed by atoms with Crippen molar-refractivity contribution >= 4 is 6.09 Å². The summed E-state index contributed by atoms with van der Waals surface area (Å²) in [6.07, 6.45) is 0.372. The molecule has 1 aliphatic rings. The van der Waals surface area contributed by atoms with Crippen molar-refractivity contribution in [2.24, 2.45) is 0 Å². The Bertz CT molecular complexity index is 507. The minimum Gasteiger partial charge on any atom is -0.444 e. The van der Waals surface area contributed by atoms with Crippen LogP contribution >= 0.6 is 0 Å². The molecule has 0 bridgehead atoms. The number of rotatable bonds is 5. The number of nitrogens with one attached hydrogen (secondary N) is 1. The van der Waals surface area contributed by atoms with Crippen molar-refractivity contribution in [3.63, 3.8) is 0 Å². The summed E-state index contributed by atoms with van der Waals surface area (Å²) >= 11 is 0. The zero-order valence-corrected chi connectivity index (χ0v) is 13.8. The molecule has 0 aromatic carbocycles. The largest absolute Gasteiger partial charge is 0.444 e. The first-order valence-electron chi connectivity index (χ1n) is 7.54. The molecule has 7 heteroatoms. The van der Waals surface area contributed by atoms with Crippen LogP contribution in [0.1, 0.15) is 37.8 Å². The molecular weight excluding hydrogens is 286 g/mol. The Morgan fingerprint density at radius 2 is 2.23 bits per heavy atom. The van der Waals surface area contributed by atoms with Gasteiger partial charge in [0.15, 0.2) is 0 Å². The van der Waals surface area contributed by atoms with Gasteiger partial charge in [-0.3, -0.25) is 0 Å². The molecule has 1 aromatic heterocycles. The average molecular weight is 311 g/mol. The third-order valence-corrected chi connectivity index (χ3v) is 3.34. The predicted octanol–water partition coefficient (Wildman–Crippen LogP) is 1.70. The van der Waals surface area contributed by atoms with Crippen LogP contribution in [0.5, 0.6) is 0 Å². The van der Waals surface area contributed by atoms with Gasteiger partial charge in [0.25, 0.3) is 0 Å². The summed E-state index contributed by atoms with van der Waals surface area (Å²) in [6.45, 7) is 8.66. The Morgan fingerprint density at radius 1 is 1.45 bits per heavy atom. The molecule has 0 unspecified atom stereocenters. The van der Waals surface area contributed by atoms with Crippen molar-refractivity contribution in [1.29, 1.82) is 0 Å². The normalized spacial score (nSPS) is 14.8. The first-order chi connectivity index (χ1) is 10.4. The second-order valence-electron chi connectivity index (χ2n) is 6.35. The first kappa shape index (κ1) is 16.8. The molecule has 0 fully saturated rings. The van der Waals surface area contributed by atoms with Crippen molar-refractivity contribution in [2.75, 3.05) is 26.8 Å². The zero-order chi connectivity index (χ0) is 16.2. The average Bonchev–Trinajstić information content (AvgIpc) is 2.84. The number of amides is 1. The number of ether oxygens (including phenoxy) is 2. The van der Waals surface area contributed by atoms with E-state index in [0.29, 0.717) is 32.7 Å². The van der Waals surface area contributed by atoms with E-state index in [-0.39, 0.29) is 6.09 Å². The second kappa shape index (κ2) is 7.11. The quantitative estimate of drug-likeness (QED) is 0.834. The molecule has 0 saturated heterocycles. The molecule has 22 heavy (non-hydrogen) atoms. The highest BCUT2D eigenvalue weighted by Gasteiger charge is 2.29. The molecular formula is C15H25N3O4. The van der Waals surface area contributed by atoms with Crippen LogP contribution in [0.15, 0.2) is 4.52 Å². The molecule has 1 amide bonds. The van der Waals surface area contributed by atoms with Gasteiger partial charge in [-0.2, -0.15) is 0 Å². The number of nitrogens with zero attached hydrogens (tertiary/aromatic N) is 2. The van der Waals surface area contributed by atoms with Crippen LogP contribution < -0.4 is 5.32 Å². The van der Waals surface area contributed by atoms with E-state index in [1.807, 2.05) is 20.8 Å². The van der Waals surface area contributed by atoms with Crippen molar-refractivity contribution in [2.45, 2.75) is 45.9 Å². The number of hydrogen-bond donors (Lipinski definition) is 1. The lowest BCUT2D eigenvalue weighted by atomic mass is 10.1. The van der Waals surface area contributed by atoms with Crippen LogP contribution in [0.2, 0.25) is 0 Å². The molecule has 0 saturated carbocycles. The van der Waals surface area contributed by atoms with Gasteiger partial charge in [-0.25, -0.2) is 4.79 Å². The molecule has 0 radical (unpaired) electrons. The number of fused-ring (bicyclic) bond motifs is 1. The highest BCUT2D eigenvalue weighted by molar-refractivity contribution is 5.68. The van der Waals surface area contributed by atoms with Gasteiger partial charge in [0.2, 0.25) is 0 Å². The van der Waals surface area contributed by atoms with E-state index in [4.69, 9.17) is 14.0 Å². The predicted molar refractivity (Wildman–Crippen MR) is 80.4 cm³/mol. The van der Waals surface area contributed by atoms with Crippen LogP contribution in [0.25, 0.3) is 0 Å². The van der Waals surface area contributed by atoms with Crippen molar-refractivity contribution in [1.82, 2.24) is 15.4 Å². The maximum atomic E-state index is 12.2. The van der Waals surface area contributed by atoms with E-state index < -0.39 is 5.60 Å². The van der Waals surface area contributed by atoms with E-state index in [0.717, 1.165) is 23.6 Å². The summed E-state index contributed by atoms with van der Waals surface area (Å²) in [5.41, 5.74) is 1.35. The Morgan fingerprint density at radius 3 is 2.91 bits per heavy atom. The smallest absolute Gasteiger partial charge is 0.410 e. The molecule has 7 nitrogen and oxygen atoms in total. The first-order valence-corrected chi connectivity index (χ1v) is 7.54. The number of aromatic nitrogens is 1. The fourth-order valence-corrected chi connectivity index (χ4v) is 2.27. The van der Waals surface area contributed by atoms with Gasteiger partial charge >= 0.3 is 6.09 Å². The maximum Gasteiger partial charge on any atom is 0.410 e. The molecule has 0 aliphatic carbocycles. The number of carbonyl (C=O) groups excluding carboxylic acids is 1. The third kappa shape index (κ3) is 4.45. The molecule has 2 rings (SSSR count). The minimum absolute atomic E-state index is 0.294. The van der Waals surface area contributed by atoms with E-state index in [1.165, 1.54) is 0 Å². The van der Waals surface area contributed by atoms with Gasteiger partial charge in [-0.15, -0.1) is 0 Å². The molecule has 0 spiro atoms. The molecule has 1 aromatic rings. The summed E-state index contributed by atoms with van der Waals surface area (Å²) in [5, 5.41) is 7.35. The highest BCUT2D eigenvalue weighted by atomic mass is 16.6. The molecule has 2 heterocycles. The van der Waals surface area contributed by atoms with E-state index in [2.05, 4.69) is 10.5 Å². The summed E-state index contributed by atoms with van der Waals surface area (Å²) in [4.78, 5) is 13.9. The van der Waals surface area contributed by atoms with Crippen LogP contribution in [0.3, 0.4) is 0 Å². The van der Waals surface area contributed by atoms with E-state index in [9.17, 15) is 4.79 Å². The van der Waals surface area contributed by atoms with Crippen molar-refractivity contribution < 1.29 is 18.8 Å². The lowest BCUT2D eigenvalue weighted by Gasteiger charge is -2.29. The topological polar surface area (TPSA) is 76.8 Å². The number of hydrogen-bond acceptors (Lipinski definition) is 6. The third-order valence-electron chi connectivity index (χ3n) is 3.34. The molecule has 1 aliphatic heterocycles. The lowest BCUT2D eigenvalue weighted by Crippen LogP contribution is -2.40. The number of methoxy groups -OCH3 is 1. The zero-order valence-electron chi connectivity index (χ0n) is 13.8. The maximum absolute atomic E-state index is 12.2. The molecule has 1 N–H and O–H groups in total. The van der Waals surface area contributed by atoms with Crippen LogP contribution in [0.4, 0.5) is 4.79 Å². The van der Waals surface area contributed by atoms with Crippen LogP contribution in [0, 0.1) is 0 Å². The van der Waals surface area contributed by atoms with Gasteiger partial charge < -0.3 is 24.2 Å². The highest BCUT2D eigenvalue weighted by Crippen LogP contribution is 2.23. The number of carbonyl (C=O) groups is 1. The molecule has 0 atom stereocenters. The summed E-state index contributed by atoms with van der Waals surface area (Å²) in [6, 6.07) is 0.